The Morgan fingerprint density at radius 2 is 1.96 bits per heavy atom. The van der Waals surface area contributed by atoms with Gasteiger partial charge in [0.1, 0.15) is 17.3 Å². The summed E-state index contributed by atoms with van der Waals surface area (Å²) in [6.45, 7) is 0. The number of hydrogen-bond donors (Lipinski definition) is 0. The van der Waals surface area contributed by atoms with E-state index in [-0.39, 0.29) is 5.82 Å². The van der Waals surface area contributed by atoms with E-state index in [0.717, 1.165) is 11.1 Å². The molecule has 0 spiro atoms. The number of methoxy groups -OCH3 is 2. The van der Waals surface area contributed by atoms with Crippen molar-refractivity contribution in [2.45, 2.75) is 11.5 Å². The normalized spacial score (nSPS) is 10.8. The number of thioether (sulfide) groups is 1. The minimum Gasteiger partial charge on any atom is -0.497 e. The van der Waals surface area contributed by atoms with Gasteiger partial charge in [-0.1, -0.05) is 22.8 Å². The van der Waals surface area contributed by atoms with Gasteiger partial charge >= 0.3 is 0 Å². The van der Waals surface area contributed by atoms with Crippen LogP contribution >= 0.6 is 23.4 Å². The van der Waals surface area contributed by atoms with Crippen LogP contribution in [-0.2, 0) is 11.5 Å². The van der Waals surface area contributed by atoms with E-state index in [9.17, 15) is 4.39 Å². The molecule has 5 nitrogen and oxygen atoms in total. The van der Waals surface area contributed by atoms with Crippen molar-refractivity contribution in [2.24, 2.45) is 0 Å². The molecule has 136 valence electrons. The number of benzene rings is 2. The van der Waals surface area contributed by atoms with Crippen molar-refractivity contribution < 1.29 is 18.4 Å². The summed E-state index contributed by atoms with van der Waals surface area (Å²) < 4.78 is 28.9. The molecule has 1 aromatic heterocycles. The van der Waals surface area contributed by atoms with Crippen molar-refractivity contribution in [1.29, 1.82) is 0 Å². The van der Waals surface area contributed by atoms with E-state index in [4.69, 9.17) is 25.6 Å². The quantitative estimate of drug-likeness (QED) is 0.563. The zero-order valence-electron chi connectivity index (χ0n) is 14.2. The molecule has 26 heavy (non-hydrogen) atoms. The third-order valence-electron chi connectivity index (χ3n) is 3.62. The molecule has 0 aliphatic heterocycles. The molecule has 2 aromatic carbocycles. The van der Waals surface area contributed by atoms with Crippen LogP contribution in [0.5, 0.6) is 11.5 Å². The van der Waals surface area contributed by atoms with Gasteiger partial charge in [-0.05, 0) is 29.8 Å². The Hall–Kier alpha value is -2.25. The van der Waals surface area contributed by atoms with E-state index in [0.29, 0.717) is 39.7 Å². The number of rotatable bonds is 7. The second kappa shape index (κ2) is 8.42. The predicted octanol–water partition coefficient (Wildman–Crippen LogP) is 4.98. The highest BCUT2D eigenvalue weighted by atomic mass is 35.5. The molecule has 0 fully saturated rings. The number of hydrogen-bond acceptors (Lipinski definition) is 6. The van der Waals surface area contributed by atoms with Gasteiger partial charge in [-0.3, -0.25) is 0 Å². The first kappa shape index (κ1) is 18.5. The van der Waals surface area contributed by atoms with Crippen LogP contribution in [0.25, 0.3) is 11.4 Å². The molecule has 0 unspecified atom stereocenters. The fourth-order valence-electron chi connectivity index (χ4n) is 2.29. The first-order chi connectivity index (χ1) is 12.6. The maximum atomic E-state index is 13.1. The van der Waals surface area contributed by atoms with Crippen LogP contribution in [0.4, 0.5) is 4.39 Å². The summed E-state index contributed by atoms with van der Waals surface area (Å²) in [6.07, 6.45) is 0. The Bertz CT molecular complexity index is 904. The van der Waals surface area contributed by atoms with Crippen LogP contribution < -0.4 is 9.47 Å². The van der Waals surface area contributed by atoms with Gasteiger partial charge in [-0.15, -0.1) is 11.8 Å². The molecule has 0 aliphatic rings. The molecule has 8 heteroatoms. The molecule has 0 N–H and O–H groups in total. The lowest BCUT2D eigenvalue weighted by Gasteiger charge is -2.07. The highest BCUT2D eigenvalue weighted by molar-refractivity contribution is 7.97. The van der Waals surface area contributed by atoms with Crippen LogP contribution in [0, 0.1) is 5.82 Å². The second-order valence-electron chi connectivity index (χ2n) is 5.31. The Kier molecular flexibility index (Phi) is 6.00. The highest BCUT2D eigenvalue weighted by Crippen LogP contribution is 2.32. The maximum absolute atomic E-state index is 13.1. The first-order valence-corrected chi connectivity index (χ1v) is 9.20. The van der Waals surface area contributed by atoms with Crippen molar-refractivity contribution in [3.63, 3.8) is 0 Å². The van der Waals surface area contributed by atoms with Gasteiger partial charge < -0.3 is 14.0 Å². The SMILES string of the molecule is COc1ccc(-c2noc(CSCc3ccc(F)cc3Cl)n2)c(OC)c1. The zero-order valence-corrected chi connectivity index (χ0v) is 15.7. The molecule has 0 saturated carbocycles. The number of aromatic nitrogens is 2. The number of nitrogens with zero attached hydrogens (tertiary/aromatic N) is 2. The summed E-state index contributed by atoms with van der Waals surface area (Å²) >= 11 is 7.57. The lowest BCUT2D eigenvalue weighted by Crippen LogP contribution is -1.92. The van der Waals surface area contributed by atoms with E-state index >= 15 is 0 Å². The van der Waals surface area contributed by atoms with Crippen LogP contribution in [0.15, 0.2) is 40.9 Å². The molecule has 0 bridgehead atoms. The second-order valence-corrected chi connectivity index (χ2v) is 6.70. The van der Waals surface area contributed by atoms with Crippen molar-refractivity contribution in [1.82, 2.24) is 10.1 Å². The summed E-state index contributed by atoms with van der Waals surface area (Å²) in [5, 5.41) is 4.42. The van der Waals surface area contributed by atoms with E-state index in [1.165, 1.54) is 12.1 Å². The predicted molar refractivity (Wildman–Crippen MR) is 99.2 cm³/mol. The lowest BCUT2D eigenvalue weighted by molar-refractivity contribution is 0.388. The van der Waals surface area contributed by atoms with Crippen LogP contribution in [0.2, 0.25) is 5.02 Å². The molecular weight excluding hydrogens is 379 g/mol. The van der Waals surface area contributed by atoms with Gasteiger partial charge in [0.25, 0.3) is 0 Å². The summed E-state index contributed by atoms with van der Waals surface area (Å²) in [5.41, 5.74) is 1.57. The van der Waals surface area contributed by atoms with E-state index in [2.05, 4.69) is 10.1 Å². The van der Waals surface area contributed by atoms with E-state index < -0.39 is 0 Å². The Balaban J connectivity index is 1.66. The maximum Gasteiger partial charge on any atom is 0.236 e. The third kappa shape index (κ3) is 4.28. The van der Waals surface area contributed by atoms with Crippen LogP contribution in [0.3, 0.4) is 0 Å². The third-order valence-corrected chi connectivity index (χ3v) is 4.93. The smallest absolute Gasteiger partial charge is 0.236 e. The molecule has 0 amide bonds. The largest absolute Gasteiger partial charge is 0.497 e. The van der Waals surface area contributed by atoms with Gasteiger partial charge in [0, 0.05) is 16.8 Å². The fraction of sp³-hybridized carbons (Fsp3) is 0.222. The lowest BCUT2D eigenvalue weighted by atomic mass is 10.2. The molecule has 1 heterocycles. The van der Waals surface area contributed by atoms with Gasteiger partial charge in [0.2, 0.25) is 11.7 Å². The van der Waals surface area contributed by atoms with Gasteiger partial charge in [0.15, 0.2) is 0 Å². The Morgan fingerprint density at radius 3 is 2.69 bits per heavy atom. The molecule has 3 aromatic rings. The minimum absolute atomic E-state index is 0.348. The summed E-state index contributed by atoms with van der Waals surface area (Å²) in [4.78, 5) is 4.40. The van der Waals surface area contributed by atoms with Crippen molar-refractivity contribution in [3.8, 4) is 22.9 Å². The molecule has 0 saturated heterocycles. The minimum atomic E-state index is -0.348. The average molecular weight is 395 g/mol. The molecule has 0 aliphatic carbocycles. The van der Waals surface area contributed by atoms with E-state index in [1.807, 2.05) is 6.07 Å². The standard InChI is InChI=1S/C18H16ClFN2O3S/c1-23-13-5-6-14(16(8-13)24-2)18-21-17(25-22-18)10-26-9-11-3-4-12(20)7-15(11)19/h3-8H,9-10H2,1-2H3. The summed E-state index contributed by atoms with van der Waals surface area (Å²) in [7, 11) is 3.16. The van der Waals surface area contributed by atoms with Crippen molar-refractivity contribution in [3.05, 3.63) is 58.7 Å². The Morgan fingerprint density at radius 1 is 1.12 bits per heavy atom. The van der Waals surface area contributed by atoms with Gasteiger partial charge in [-0.2, -0.15) is 4.98 Å². The fourth-order valence-corrected chi connectivity index (χ4v) is 3.47. The monoisotopic (exact) mass is 394 g/mol. The first-order valence-electron chi connectivity index (χ1n) is 7.67. The van der Waals surface area contributed by atoms with Crippen LogP contribution in [-0.4, -0.2) is 24.4 Å². The molecule has 0 radical (unpaired) electrons. The highest BCUT2D eigenvalue weighted by Gasteiger charge is 2.14. The summed E-state index contributed by atoms with van der Waals surface area (Å²) in [5.74, 6) is 2.99. The summed E-state index contributed by atoms with van der Waals surface area (Å²) in [6, 6.07) is 9.75. The van der Waals surface area contributed by atoms with Crippen molar-refractivity contribution in [2.75, 3.05) is 14.2 Å². The Labute approximate surface area is 159 Å². The number of ether oxygens (including phenoxy) is 2. The van der Waals surface area contributed by atoms with Crippen LogP contribution in [0.1, 0.15) is 11.5 Å². The molecule has 0 atom stereocenters. The van der Waals surface area contributed by atoms with Crippen molar-refractivity contribution >= 4 is 23.4 Å². The van der Waals surface area contributed by atoms with Gasteiger partial charge in [-0.25, -0.2) is 4.39 Å². The molecule has 3 rings (SSSR count). The van der Waals surface area contributed by atoms with E-state index in [1.54, 1.807) is 44.2 Å². The van der Waals surface area contributed by atoms with Gasteiger partial charge in [0.05, 0.1) is 25.5 Å². The topological polar surface area (TPSA) is 57.4 Å². The molecular formula is C18H16ClFN2O3S. The average Bonchev–Trinajstić information content (AvgIpc) is 3.11. The number of halogens is 2. The zero-order chi connectivity index (χ0) is 18.5.